The summed E-state index contributed by atoms with van der Waals surface area (Å²) in [7, 11) is 0. The number of ether oxygens (including phenoxy) is 1. The lowest BCUT2D eigenvalue weighted by atomic mass is 9.99. The van der Waals surface area contributed by atoms with Gasteiger partial charge in [-0.05, 0) is 74.4 Å². The van der Waals surface area contributed by atoms with Crippen molar-refractivity contribution in [3.63, 3.8) is 0 Å². The maximum absolute atomic E-state index is 12.3. The monoisotopic (exact) mass is 380 g/mol. The molecule has 0 unspecified atom stereocenters. The minimum absolute atomic E-state index is 0.0262. The zero-order valence-electron chi connectivity index (χ0n) is 17.5. The SMILES string of the molecule is Cc1cccc(OCC(=O)N[C@@H](C)c2ccc(N3CCC[C@@H](C)C3)cc2)c1C. The standard InChI is InChI=1S/C24H32N2O2/c1-17-7-6-14-26(15-17)22-12-10-21(11-13-22)20(4)25-24(27)16-28-23-9-5-8-18(2)19(23)3/h5,8-13,17,20H,6-7,14-16H2,1-4H3,(H,25,27)/t17-,20+/m1/s1. The number of hydrogen-bond acceptors (Lipinski definition) is 3. The quantitative estimate of drug-likeness (QED) is 0.783. The van der Waals surface area contributed by atoms with Crippen LogP contribution in [0, 0.1) is 19.8 Å². The Morgan fingerprint density at radius 2 is 1.96 bits per heavy atom. The molecule has 0 radical (unpaired) electrons. The van der Waals surface area contributed by atoms with Gasteiger partial charge in [-0.25, -0.2) is 0 Å². The summed E-state index contributed by atoms with van der Waals surface area (Å²) in [5, 5.41) is 3.03. The van der Waals surface area contributed by atoms with Gasteiger partial charge in [-0.3, -0.25) is 4.79 Å². The van der Waals surface area contributed by atoms with Gasteiger partial charge in [-0.2, -0.15) is 0 Å². The molecular weight excluding hydrogens is 348 g/mol. The van der Waals surface area contributed by atoms with Crippen molar-refractivity contribution < 1.29 is 9.53 Å². The number of benzene rings is 2. The fourth-order valence-electron chi connectivity index (χ4n) is 3.79. The van der Waals surface area contributed by atoms with Crippen LogP contribution in [0.2, 0.25) is 0 Å². The number of nitrogens with one attached hydrogen (secondary N) is 1. The van der Waals surface area contributed by atoms with Gasteiger partial charge in [0.25, 0.3) is 5.91 Å². The van der Waals surface area contributed by atoms with Crippen LogP contribution in [0.3, 0.4) is 0 Å². The topological polar surface area (TPSA) is 41.6 Å². The normalized spacial score (nSPS) is 17.9. The molecule has 28 heavy (non-hydrogen) atoms. The Labute approximate surface area is 168 Å². The number of anilines is 1. The van der Waals surface area contributed by atoms with Gasteiger partial charge in [0.2, 0.25) is 0 Å². The summed E-state index contributed by atoms with van der Waals surface area (Å²) in [6.07, 6.45) is 2.58. The van der Waals surface area contributed by atoms with Gasteiger partial charge >= 0.3 is 0 Å². The Morgan fingerprint density at radius 1 is 1.21 bits per heavy atom. The zero-order valence-corrected chi connectivity index (χ0v) is 17.5. The Bertz CT molecular complexity index is 801. The fourth-order valence-corrected chi connectivity index (χ4v) is 3.79. The van der Waals surface area contributed by atoms with Crippen molar-refractivity contribution in [2.45, 2.75) is 46.6 Å². The maximum atomic E-state index is 12.3. The van der Waals surface area contributed by atoms with Crippen molar-refractivity contribution in [1.82, 2.24) is 5.32 Å². The second-order valence-electron chi connectivity index (χ2n) is 8.06. The number of nitrogens with zero attached hydrogens (tertiary/aromatic N) is 1. The van der Waals surface area contributed by atoms with Crippen molar-refractivity contribution in [2.75, 3.05) is 24.6 Å². The molecule has 0 bridgehead atoms. The first kappa shape index (κ1) is 20.2. The highest BCUT2D eigenvalue weighted by Gasteiger charge is 2.17. The summed E-state index contributed by atoms with van der Waals surface area (Å²) in [4.78, 5) is 14.8. The van der Waals surface area contributed by atoms with Crippen molar-refractivity contribution >= 4 is 11.6 Å². The number of amides is 1. The summed E-state index contributed by atoms with van der Waals surface area (Å²) in [6, 6.07) is 14.4. The molecule has 0 aliphatic carbocycles. The Balaban J connectivity index is 1.53. The third-order valence-corrected chi connectivity index (χ3v) is 5.71. The van der Waals surface area contributed by atoms with Crippen LogP contribution in [0.15, 0.2) is 42.5 Å². The van der Waals surface area contributed by atoms with E-state index in [2.05, 4.69) is 41.4 Å². The third kappa shape index (κ3) is 5.06. The minimum atomic E-state index is -0.109. The second kappa shape index (κ2) is 9.13. The number of rotatable bonds is 6. The number of piperidine rings is 1. The summed E-state index contributed by atoms with van der Waals surface area (Å²) < 4.78 is 5.71. The first-order valence-corrected chi connectivity index (χ1v) is 10.3. The van der Waals surface area contributed by atoms with Crippen LogP contribution in [0.4, 0.5) is 5.69 Å². The molecule has 4 heteroatoms. The molecule has 1 amide bonds. The number of aryl methyl sites for hydroxylation is 1. The van der Waals surface area contributed by atoms with Crippen molar-refractivity contribution in [1.29, 1.82) is 0 Å². The molecule has 0 spiro atoms. The van der Waals surface area contributed by atoms with Gasteiger partial charge in [0.15, 0.2) is 6.61 Å². The molecule has 1 aliphatic rings. The fraction of sp³-hybridized carbons (Fsp3) is 0.458. The maximum Gasteiger partial charge on any atom is 0.258 e. The Morgan fingerprint density at radius 3 is 2.68 bits per heavy atom. The van der Waals surface area contributed by atoms with E-state index in [1.165, 1.54) is 18.5 Å². The summed E-state index contributed by atoms with van der Waals surface area (Å²) in [6.45, 7) is 10.7. The average molecular weight is 381 g/mol. The van der Waals surface area contributed by atoms with Gasteiger partial charge in [0.05, 0.1) is 6.04 Å². The first-order valence-electron chi connectivity index (χ1n) is 10.3. The smallest absolute Gasteiger partial charge is 0.258 e. The molecule has 2 aromatic rings. The summed E-state index contributed by atoms with van der Waals surface area (Å²) in [5.74, 6) is 1.41. The van der Waals surface area contributed by atoms with E-state index in [4.69, 9.17) is 4.74 Å². The van der Waals surface area contributed by atoms with E-state index in [1.807, 2.05) is 39.0 Å². The molecule has 1 N–H and O–H groups in total. The van der Waals surface area contributed by atoms with Crippen LogP contribution in [-0.4, -0.2) is 25.6 Å². The van der Waals surface area contributed by atoms with Crippen LogP contribution >= 0.6 is 0 Å². The Kier molecular flexibility index (Phi) is 6.61. The van der Waals surface area contributed by atoms with E-state index in [9.17, 15) is 4.79 Å². The van der Waals surface area contributed by atoms with Crippen molar-refractivity contribution in [3.8, 4) is 5.75 Å². The van der Waals surface area contributed by atoms with Crippen LogP contribution < -0.4 is 15.0 Å². The number of carbonyl (C=O) groups is 1. The van der Waals surface area contributed by atoms with E-state index >= 15 is 0 Å². The van der Waals surface area contributed by atoms with Crippen LogP contribution in [0.1, 0.15) is 49.4 Å². The molecule has 1 heterocycles. The molecule has 3 rings (SSSR count). The molecule has 150 valence electrons. The zero-order chi connectivity index (χ0) is 20.1. The molecule has 1 aliphatic heterocycles. The Hall–Kier alpha value is -2.49. The molecule has 2 atom stereocenters. The first-order chi connectivity index (χ1) is 13.4. The third-order valence-electron chi connectivity index (χ3n) is 5.71. The lowest BCUT2D eigenvalue weighted by Crippen LogP contribution is -2.34. The molecular formula is C24H32N2O2. The average Bonchev–Trinajstić information content (AvgIpc) is 2.69. The van der Waals surface area contributed by atoms with Gasteiger partial charge in [-0.1, -0.05) is 31.2 Å². The summed E-state index contributed by atoms with van der Waals surface area (Å²) >= 11 is 0. The lowest BCUT2D eigenvalue weighted by Gasteiger charge is -2.33. The molecule has 1 saturated heterocycles. The summed E-state index contributed by atoms with van der Waals surface area (Å²) in [5.41, 5.74) is 4.61. The van der Waals surface area contributed by atoms with E-state index < -0.39 is 0 Å². The van der Waals surface area contributed by atoms with Crippen LogP contribution in [0.25, 0.3) is 0 Å². The number of carbonyl (C=O) groups excluding carboxylic acids is 1. The highest BCUT2D eigenvalue weighted by Crippen LogP contribution is 2.25. The van der Waals surface area contributed by atoms with E-state index in [1.54, 1.807) is 0 Å². The largest absolute Gasteiger partial charge is 0.483 e. The van der Waals surface area contributed by atoms with E-state index in [-0.39, 0.29) is 18.6 Å². The predicted octanol–water partition coefficient (Wildman–Crippen LogP) is 4.80. The highest BCUT2D eigenvalue weighted by atomic mass is 16.5. The van der Waals surface area contributed by atoms with Gasteiger partial charge < -0.3 is 15.0 Å². The predicted molar refractivity (Wildman–Crippen MR) is 115 cm³/mol. The van der Waals surface area contributed by atoms with E-state index in [0.29, 0.717) is 0 Å². The van der Waals surface area contributed by atoms with Gasteiger partial charge in [0.1, 0.15) is 5.75 Å². The van der Waals surface area contributed by atoms with Crippen LogP contribution in [0.5, 0.6) is 5.75 Å². The molecule has 0 aromatic heterocycles. The van der Waals surface area contributed by atoms with Crippen molar-refractivity contribution in [3.05, 3.63) is 59.2 Å². The van der Waals surface area contributed by atoms with Crippen LogP contribution in [-0.2, 0) is 4.79 Å². The molecule has 1 fully saturated rings. The number of hydrogen-bond donors (Lipinski definition) is 1. The van der Waals surface area contributed by atoms with Gasteiger partial charge in [-0.15, -0.1) is 0 Å². The molecule has 2 aromatic carbocycles. The van der Waals surface area contributed by atoms with E-state index in [0.717, 1.165) is 41.4 Å². The van der Waals surface area contributed by atoms with Gasteiger partial charge in [0, 0.05) is 18.8 Å². The van der Waals surface area contributed by atoms with Crippen molar-refractivity contribution in [2.24, 2.45) is 5.92 Å². The lowest BCUT2D eigenvalue weighted by molar-refractivity contribution is -0.123. The minimum Gasteiger partial charge on any atom is -0.483 e. The molecule has 0 saturated carbocycles. The highest BCUT2D eigenvalue weighted by molar-refractivity contribution is 5.78. The molecule has 4 nitrogen and oxygen atoms in total. The second-order valence-corrected chi connectivity index (χ2v) is 8.06.